The standard InChI is InChI=1S/C17H23F3O/c1-2-13-3-5-14(6-4-13)7-8-15-9-11-16(12-10-15)21-17(18,19)20/h9-14H,2-8H2,1H3. The van der Waals surface area contributed by atoms with E-state index in [0.29, 0.717) is 0 Å². The SMILES string of the molecule is CCC1CCC(CCc2ccc(OC(F)(F)F)cc2)CC1. The Morgan fingerprint density at radius 3 is 2.10 bits per heavy atom. The van der Waals surface area contributed by atoms with Crippen molar-refractivity contribution in [1.82, 2.24) is 0 Å². The van der Waals surface area contributed by atoms with Gasteiger partial charge in [-0.05, 0) is 42.4 Å². The van der Waals surface area contributed by atoms with Crippen LogP contribution in [0.1, 0.15) is 51.0 Å². The number of rotatable bonds is 5. The molecule has 2 rings (SSSR count). The second-order valence-corrected chi connectivity index (χ2v) is 6.03. The molecule has 0 aliphatic heterocycles. The van der Waals surface area contributed by atoms with Crippen molar-refractivity contribution in [3.8, 4) is 5.75 Å². The van der Waals surface area contributed by atoms with Crippen LogP contribution in [0.3, 0.4) is 0 Å². The molecule has 21 heavy (non-hydrogen) atoms. The van der Waals surface area contributed by atoms with Crippen molar-refractivity contribution in [2.75, 3.05) is 0 Å². The van der Waals surface area contributed by atoms with Gasteiger partial charge in [-0.2, -0.15) is 0 Å². The summed E-state index contributed by atoms with van der Waals surface area (Å²) in [5, 5.41) is 0. The Bertz CT molecular complexity index is 417. The molecule has 118 valence electrons. The van der Waals surface area contributed by atoms with E-state index >= 15 is 0 Å². The van der Waals surface area contributed by atoms with Crippen molar-refractivity contribution in [2.45, 2.75) is 58.2 Å². The molecule has 1 aromatic rings. The van der Waals surface area contributed by atoms with Crippen LogP contribution in [0.4, 0.5) is 13.2 Å². The number of alkyl halides is 3. The Kier molecular flexibility index (Phi) is 5.54. The van der Waals surface area contributed by atoms with E-state index in [-0.39, 0.29) is 5.75 Å². The van der Waals surface area contributed by atoms with E-state index in [1.165, 1.54) is 44.2 Å². The van der Waals surface area contributed by atoms with Crippen molar-refractivity contribution in [1.29, 1.82) is 0 Å². The molecule has 1 aliphatic rings. The van der Waals surface area contributed by atoms with Crippen LogP contribution in [0.5, 0.6) is 5.75 Å². The lowest BCUT2D eigenvalue weighted by Gasteiger charge is -2.27. The van der Waals surface area contributed by atoms with Crippen molar-refractivity contribution < 1.29 is 17.9 Å². The average Bonchev–Trinajstić information content (AvgIpc) is 2.45. The number of hydrogen-bond donors (Lipinski definition) is 0. The molecule has 0 bridgehead atoms. The highest BCUT2D eigenvalue weighted by molar-refractivity contribution is 5.27. The summed E-state index contributed by atoms with van der Waals surface area (Å²) in [4.78, 5) is 0. The zero-order chi connectivity index (χ0) is 15.3. The van der Waals surface area contributed by atoms with Crippen LogP contribution in [-0.4, -0.2) is 6.36 Å². The molecule has 0 heterocycles. The lowest BCUT2D eigenvalue weighted by molar-refractivity contribution is -0.274. The summed E-state index contributed by atoms with van der Waals surface area (Å²) in [5.74, 6) is 1.54. The second kappa shape index (κ2) is 7.19. The number of benzene rings is 1. The van der Waals surface area contributed by atoms with Crippen LogP contribution >= 0.6 is 0 Å². The first-order valence-corrected chi connectivity index (χ1v) is 7.81. The summed E-state index contributed by atoms with van der Waals surface area (Å²) >= 11 is 0. The summed E-state index contributed by atoms with van der Waals surface area (Å²) < 4.78 is 40.1. The molecule has 1 nitrogen and oxygen atoms in total. The molecule has 0 radical (unpaired) electrons. The normalized spacial score (nSPS) is 23.0. The van der Waals surface area contributed by atoms with Crippen LogP contribution in [-0.2, 0) is 6.42 Å². The van der Waals surface area contributed by atoms with Crippen LogP contribution in [0.15, 0.2) is 24.3 Å². The molecule has 0 N–H and O–H groups in total. The average molecular weight is 300 g/mol. The molecule has 0 saturated heterocycles. The van der Waals surface area contributed by atoms with E-state index in [2.05, 4.69) is 11.7 Å². The van der Waals surface area contributed by atoms with E-state index in [1.807, 2.05) is 0 Å². The third kappa shape index (κ3) is 5.60. The van der Waals surface area contributed by atoms with Crippen LogP contribution in [0, 0.1) is 11.8 Å². The second-order valence-electron chi connectivity index (χ2n) is 6.03. The van der Waals surface area contributed by atoms with Crippen LogP contribution < -0.4 is 4.74 Å². The molecule has 0 aromatic heterocycles. The van der Waals surface area contributed by atoms with Gasteiger partial charge in [0.1, 0.15) is 5.75 Å². The molecule has 4 heteroatoms. The topological polar surface area (TPSA) is 9.23 Å². The maximum atomic E-state index is 12.1. The Morgan fingerprint density at radius 1 is 1.00 bits per heavy atom. The van der Waals surface area contributed by atoms with Gasteiger partial charge in [-0.1, -0.05) is 51.2 Å². The van der Waals surface area contributed by atoms with E-state index in [1.54, 1.807) is 12.1 Å². The lowest BCUT2D eigenvalue weighted by atomic mass is 9.78. The fraction of sp³-hybridized carbons (Fsp3) is 0.647. The monoisotopic (exact) mass is 300 g/mol. The number of halogens is 3. The first kappa shape index (κ1) is 16.2. The van der Waals surface area contributed by atoms with Gasteiger partial charge in [0.15, 0.2) is 0 Å². The predicted octanol–water partition coefficient (Wildman–Crippen LogP) is 5.73. The highest BCUT2D eigenvalue weighted by Crippen LogP contribution is 2.33. The van der Waals surface area contributed by atoms with E-state index in [9.17, 15) is 13.2 Å². The minimum absolute atomic E-state index is 0.144. The van der Waals surface area contributed by atoms with E-state index in [4.69, 9.17) is 0 Å². The minimum atomic E-state index is -4.61. The van der Waals surface area contributed by atoms with E-state index in [0.717, 1.165) is 30.2 Å². The largest absolute Gasteiger partial charge is 0.573 e. The zero-order valence-corrected chi connectivity index (χ0v) is 12.5. The molecular weight excluding hydrogens is 277 g/mol. The van der Waals surface area contributed by atoms with Gasteiger partial charge < -0.3 is 4.74 Å². The first-order chi connectivity index (χ1) is 9.96. The van der Waals surface area contributed by atoms with Gasteiger partial charge in [0.2, 0.25) is 0 Å². The maximum Gasteiger partial charge on any atom is 0.573 e. The summed E-state index contributed by atoms with van der Waals surface area (Å²) in [6.45, 7) is 2.26. The van der Waals surface area contributed by atoms with Gasteiger partial charge in [0, 0.05) is 0 Å². The Labute approximate surface area is 124 Å². The van der Waals surface area contributed by atoms with E-state index < -0.39 is 6.36 Å². The Balaban J connectivity index is 1.76. The van der Waals surface area contributed by atoms with Crippen LogP contribution in [0.25, 0.3) is 0 Å². The van der Waals surface area contributed by atoms with Crippen molar-refractivity contribution in [2.24, 2.45) is 11.8 Å². The predicted molar refractivity (Wildman–Crippen MR) is 77.2 cm³/mol. The maximum absolute atomic E-state index is 12.1. The van der Waals surface area contributed by atoms with Gasteiger partial charge >= 0.3 is 6.36 Å². The highest BCUT2D eigenvalue weighted by Gasteiger charge is 2.30. The van der Waals surface area contributed by atoms with Gasteiger partial charge in [-0.25, -0.2) is 0 Å². The zero-order valence-electron chi connectivity index (χ0n) is 12.5. The molecule has 0 amide bonds. The highest BCUT2D eigenvalue weighted by atomic mass is 19.4. The fourth-order valence-electron chi connectivity index (χ4n) is 3.16. The Morgan fingerprint density at radius 2 is 1.57 bits per heavy atom. The number of aryl methyl sites for hydroxylation is 1. The quantitative estimate of drug-likeness (QED) is 0.674. The molecule has 0 atom stereocenters. The van der Waals surface area contributed by atoms with Gasteiger partial charge in [0.05, 0.1) is 0 Å². The van der Waals surface area contributed by atoms with Gasteiger partial charge in [-0.3, -0.25) is 0 Å². The molecule has 1 saturated carbocycles. The third-order valence-corrected chi connectivity index (χ3v) is 4.54. The van der Waals surface area contributed by atoms with Crippen molar-refractivity contribution in [3.63, 3.8) is 0 Å². The summed E-state index contributed by atoms with van der Waals surface area (Å²) in [6.07, 6.45) is 4.01. The van der Waals surface area contributed by atoms with Gasteiger partial charge in [-0.15, -0.1) is 13.2 Å². The molecule has 1 aromatic carbocycles. The van der Waals surface area contributed by atoms with Crippen molar-refractivity contribution in [3.05, 3.63) is 29.8 Å². The fourth-order valence-corrected chi connectivity index (χ4v) is 3.16. The summed E-state index contributed by atoms with van der Waals surface area (Å²) in [6, 6.07) is 6.27. The Hall–Kier alpha value is -1.19. The van der Waals surface area contributed by atoms with Crippen molar-refractivity contribution >= 4 is 0 Å². The molecule has 0 unspecified atom stereocenters. The number of ether oxygens (including phenoxy) is 1. The first-order valence-electron chi connectivity index (χ1n) is 7.81. The summed E-state index contributed by atoms with van der Waals surface area (Å²) in [7, 11) is 0. The third-order valence-electron chi connectivity index (χ3n) is 4.54. The van der Waals surface area contributed by atoms with Gasteiger partial charge in [0.25, 0.3) is 0 Å². The number of hydrogen-bond acceptors (Lipinski definition) is 1. The smallest absolute Gasteiger partial charge is 0.406 e. The lowest BCUT2D eigenvalue weighted by Crippen LogP contribution is -2.17. The molecular formula is C17H23F3O. The minimum Gasteiger partial charge on any atom is -0.406 e. The van der Waals surface area contributed by atoms with Crippen LogP contribution in [0.2, 0.25) is 0 Å². The molecule has 1 fully saturated rings. The summed E-state index contributed by atoms with van der Waals surface area (Å²) in [5.41, 5.74) is 1.09. The molecule has 0 spiro atoms. The molecule has 1 aliphatic carbocycles.